The van der Waals surface area contributed by atoms with Crippen molar-refractivity contribution < 1.29 is 4.42 Å². The molecule has 8 rings (SSSR count). The van der Waals surface area contributed by atoms with Crippen molar-refractivity contribution in [3.05, 3.63) is 156 Å². The minimum Gasteiger partial charge on any atom is -0.455 e. The fourth-order valence-corrected chi connectivity index (χ4v) is 7.86. The van der Waals surface area contributed by atoms with Gasteiger partial charge in [-0.1, -0.05) is 119 Å². The second-order valence-electron chi connectivity index (χ2n) is 13.5. The van der Waals surface area contributed by atoms with Crippen molar-refractivity contribution in [2.45, 2.75) is 45.4 Å². The van der Waals surface area contributed by atoms with Crippen molar-refractivity contribution in [3.8, 4) is 22.3 Å². The van der Waals surface area contributed by atoms with Crippen LogP contribution < -0.4 is 4.90 Å². The number of nitrogens with zero attached hydrogens (tertiary/aromatic N) is 1. The molecule has 0 amide bonds. The number of fused-ring (bicyclic) bond motifs is 10. The second kappa shape index (κ2) is 9.71. The molecule has 0 saturated carbocycles. The molecular weight excluding hydrogens is 546 g/mol. The first-order chi connectivity index (χ1) is 21.7. The van der Waals surface area contributed by atoms with Crippen molar-refractivity contribution in [3.63, 3.8) is 0 Å². The number of allylic oxidation sites excluding steroid dienone is 5. The van der Waals surface area contributed by atoms with Crippen LogP contribution in [0.2, 0.25) is 0 Å². The number of rotatable bonds is 5. The maximum absolute atomic E-state index is 6.54. The summed E-state index contributed by atoms with van der Waals surface area (Å²) in [4.78, 5) is 2.39. The highest BCUT2D eigenvalue weighted by Gasteiger charge is 2.39. The van der Waals surface area contributed by atoms with Crippen LogP contribution in [0.4, 0.5) is 11.4 Å². The number of anilines is 2. The highest BCUT2D eigenvalue weighted by atomic mass is 16.3. The lowest BCUT2D eigenvalue weighted by molar-refractivity contribution is 0.653. The topological polar surface area (TPSA) is 16.4 Å². The van der Waals surface area contributed by atoms with Gasteiger partial charge in [-0.3, -0.25) is 0 Å². The van der Waals surface area contributed by atoms with Gasteiger partial charge in [0.05, 0.1) is 0 Å². The van der Waals surface area contributed by atoms with Gasteiger partial charge in [0, 0.05) is 44.2 Å². The summed E-state index contributed by atoms with van der Waals surface area (Å²) in [6.45, 7) is 15.4. The number of hydrogen-bond acceptors (Lipinski definition) is 2. The van der Waals surface area contributed by atoms with Crippen LogP contribution in [0.15, 0.2) is 138 Å². The quantitative estimate of drug-likeness (QED) is 0.188. The van der Waals surface area contributed by atoms with Gasteiger partial charge in [0.1, 0.15) is 11.2 Å². The van der Waals surface area contributed by atoms with Gasteiger partial charge in [0.15, 0.2) is 0 Å². The van der Waals surface area contributed by atoms with Crippen LogP contribution in [0, 0.1) is 0 Å². The SMILES string of the molecule is C=C/C=C\C=C(/C)N(c1ccc2c(c1)C(C)(C)c1ccccc1-2)c1ccc2c(c1)C(C)(C)c1ccc3c(oc4ccccc43)c1-2. The van der Waals surface area contributed by atoms with Gasteiger partial charge in [-0.2, -0.15) is 0 Å². The van der Waals surface area contributed by atoms with E-state index in [0.29, 0.717) is 0 Å². The van der Waals surface area contributed by atoms with Crippen LogP contribution in [0.3, 0.4) is 0 Å². The lowest BCUT2D eigenvalue weighted by atomic mass is 9.82. The minimum atomic E-state index is -0.179. The molecule has 45 heavy (non-hydrogen) atoms. The summed E-state index contributed by atoms with van der Waals surface area (Å²) >= 11 is 0. The normalized spacial score (nSPS) is 15.7. The first-order valence-corrected chi connectivity index (χ1v) is 15.8. The molecule has 220 valence electrons. The van der Waals surface area contributed by atoms with E-state index in [1.807, 2.05) is 18.2 Å². The van der Waals surface area contributed by atoms with Gasteiger partial charge in [0.2, 0.25) is 0 Å². The fourth-order valence-electron chi connectivity index (χ4n) is 7.86. The molecule has 2 nitrogen and oxygen atoms in total. The molecule has 5 aromatic carbocycles. The van der Waals surface area contributed by atoms with Crippen molar-refractivity contribution in [2.24, 2.45) is 0 Å². The Morgan fingerprint density at radius 1 is 0.644 bits per heavy atom. The van der Waals surface area contributed by atoms with Crippen LogP contribution in [-0.4, -0.2) is 0 Å². The van der Waals surface area contributed by atoms with E-state index in [0.717, 1.165) is 28.2 Å². The minimum absolute atomic E-state index is 0.0759. The van der Waals surface area contributed by atoms with Gasteiger partial charge in [-0.05, 0) is 82.3 Å². The molecule has 1 aromatic heterocycles. The summed E-state index contributed by atoms with van der Waals surface area (Å²) in [6, 6.07) is 35.7. The summed E-state index contributed by atoms with van der Waals surface area (Å²) < 4.78 is 6.54. The molecule has 6 aromatic rings. The average molecular weight is 584 g/mol. The smallest absolute Gasteiger partial charge is 0.143 e. The molecule has 0 atom stereocenters. The lowest BCUT2D eigenvalue weighted by Gasteiger charge is -2.30. The van der Waals surface area contributed by atoms with Crippen molar-refractivity contribution in [1.29, 1.82) is 0 Å². The summed E-state index contributed by atoms with van der Waals surface area (Å²) in [5.41, 5.74) is 15.6. The summed E-state index contributed by atoms with van der Waals surface area (Å²) in [5, 5.41) is 2.34. The molecule has 2 aliphatic carbocycles. The van der Waals surface area contributed by atoms with E-state index in [1.54, 1.807) is 0 Å². The Kier molecular flexibility index (Phi) is 5.93. The molecule has 0 N–H and O–H groups in total. The Labute approximate surface area is 265 Å². The zero-order chi connectivity index (χ0) is 31.1. The lowest BCUT2D eigenvalue weighted by Crippen LogP contribution is -2.19. The van der Waals surface area contributed by atoms with Gasteiger partial charge in [0.25, 0.3) is 0 Å². The molecule has 2 aliphatic rings. The van der Waals surface area contributed by atoms with E-state index >= 15 is 0 Å². The number of para-hydroxylation sites is 1. The van der Waals surface area contributed by atoms with Crippen LogP contribution in [0.25, 0.3) is 44.2 Å². The molecule has 0 aliphatic heterocycles. The summed E-state index contributed by atoms with van der Waals surface area (Å²) in [5.74, 6) is 0. The van der Waals surface area contributed by atoms with Gasteiger partial charge in [-0.15, -0.1) is 0 Å². The Hall–Kier alpha value is -5.08. The maximum atomic E-state index is 6.54. The zero-order valence-corrected chi connectivity index (χ0v) is 26.6. The summed E-state index contributed by atoms with van der Waals surface area (Å²) in [7, 11) is 0. The van der Waals surface area contributed by atoms with Crippen LogP contribution in [-0.2, 0) is 10.8 Å². The largest absolute Gasteiger partial charge is 0.455 e. The number of hydrogen-bond donors (Lipinski definition) is 0. The molecule has 0 bridgehead atoms. The van der Waals surface area contributed by atoms with E-state index in [4.69, 9.17) is 4.42 Å². The first-order valence-electron chi connectivity index (χ1n) is 15.8. The summed E-state index contributed by atoms with van der Waals surface area (Å²) in [6.07, 6.45) is 8.02. The zero-order valence-electron chi connectivity index (χ0n) is 26.6. The van der Waals surface area contributed by atoms with Gasteiger partial charge < -0.3 is 9.32 Å². The standard InChI is InChI=1S/C43H37NO/c1-7-8-9-14-27(2)44(28-19-21-31-30-15-10-12-17-35(30)42(3,4)37(31)25-28)29-20-22-34-38(26-29)43(5,6)36-24-23-33-32-16-11-13-18-39(32)45-41(33)40(34)36/h7-26H,1H2,2-6H3/b9-8-,27-14+. The van der Waals surface area contributed by atoms with Gasteiger partial charge >= 0.3 is 0 Å². The third kappa shape index (κ3) is 3.88. The van der Waals surface area contributed by atoms with Crippen molar-refractivity contribution in [1.82, 2.24) is 0 Å². The molecule has 0 saturated heterocycles. The molecule has 2 heteroatoms. The molecule has 1 heterocycles. The van der Waals surface area contributed by atoms with E-state index in [2.05, 4.69) is 149 Å². The fraction of sp³-hybridized carbons (Fsp3) is 0.163. The second-order valence-corrected chi connectivity index (χ2v) is 13.5. The van der Waals surface area contributed by atoms with Gasteiger partial charge in [-0.25, -0.2) is 0 Å². The van der Waals surface area contributed by atoms with Crippen LogP contribution in [0.1, 0.15) is 56.9 Å². The number of benzene rings is 5. The molecule has 0 spiro atoms. The Morgan fingerprint density at radius 3 is 2.07 bits per heavy atom. The average Bonchev–Trinajstić information content (AvgIpc) is 3.61. The molecule has 0 unspecified atom stereocenters. The van der Waals surface area contributed by atoms with Crippen LogP contribution in [0.5, 0.6) is 0 Å². The predicted octanol–water partition coefficient (Wildman–Crippen LogP) is 12.0. The molecular formula is C43H37NO. The Bertz CT molecular complexity index is 2250. The highest BCUT2D eigenvalue weighted by molar-refractivity contribution is 6.11. The van der Waals surface area contributed by atoms with Crippen molar-refractivity contribution in [2.75, 3.05) is 4.90 Å². The third-order valence-corrected chi connectivity index (χ3v) is 10.2. The Morgan fingerprint density at radius 2 is 1.29 bits per heavy atom. The van der Waals surface area contributed by atoms with E-state index in [-0.39, 0.29) is 10.8 Å². The third-order valence-electron chi connectivity index (χ3n) is 10.2. The molecule has 0 radical (unpaired) electrons. The predicted molar refractivity (Wildman–Crippen MR) is 191 cm³/mol. The van der Waals surface area contributed by atoms with Crippen LogP contribution >= 0.6 is 0 Å². The Balaban J connectivity index is 1.31. The van der Waals surface area contributed by atoms with Crippen molar-refractivity contribution >= 4 is 33.3 Å². The first kappa shape index (κ1) is 27.5. The molecule has 0 fully saturated rings. The van der Waals surface area contributed by atoms with E-state index in [1.165, 1.54) is 55.3 Å². The highest BCUT2D eigenvalue weighted by Crippen LogP contribution is 2.54. The maximum Gasteiger partial charge on any atom is 0.143 e. The number of furan rings is 1. The van der Waals surface area contributed by atoms with E-state index in [9.17, 15) is 0 Å². The van der Waals surface area contributed by atoms with E-state index < -0.39 is 0 Å². The monoisotopic (exact) mass is 583 g/mol.